The van der Waals surface area contributed by atoms with Crippen molar-refractivity contribution in [1.82, 2.24) is 0 Å². The highest BCUT2D eigenvalue weighted by Gasteiger charge is 2.52. The van der Waals surface area contributed by atoms with E-state index in [-0.39, 0.29) is 17.8 Å². The summed E-state index contributed by atoms with van der Waals surface area (Å²) in [5.41, 5.74) is -4.88. The van der Waals surface area contributed by atoms with Crippen molar-refractivity contribution in [3.63, 3.8) is 0 Å². The van der Waals surface area contributed by atoms with Gasteiger partial charge in [-0.15, -0.1) is 0 Å². The molecule has 0 aromatic carbocycles. The second kappa shape index (κ2) is 83.3. The SMILES string of the molecule is CCCCCCCCC(CCCCCCCC)C(CCCCCCCC)(CCCCCCCC)OC(=O)CC(O)(CC(=O)OC(CCCCCCCC)(CCCCCCCC)C(CCCCCCCC)CCCCCCCC)C(=O)OC(CCCCCCCC)(CCCCCCCC)C(CCCCCCCC)CCCCCCCC. The molecule has 686 valence electrons. The minimum absolute atomic E-state index is 0.0993. The molecule has 0 heterocycles. The van der Waals surface area contributed by atoms with E-state index in [1.807, 2.05) is 0 Å². The summed E-state index contributed by atoms with van der Waals surface area (Å²) in [5.74, 6) is -1.35. The maximum absolute atomic E-state index is 17.2. The van der Waals surface area contributed by atoms with Crippen LogP contribution in [0.2, 0.25) is 0 Å². The Morgan fingerprint density at radius 1 is 0.191 bits per heavy atom. The number of hydrogen-bond acceptors (Lipinski definition) is 7. The highest BCUT2D eigenvalue weighted by Crippen LogP contribution is 2.47. The molecule has 0 atom stereocenters. The maximum Gasteiger partial charge on any atom is 0.339 e. The second-order valence-electron chi connectivity index (χ2n) is 38.5. The molecule has 1 N–H and O–H groups in total. The zero-order valence-corrected chi connectivity index (χ0v) is 80.9. The van der Waals surface area contributed by atoms with Gasteiger partial charge < -0.3 is 19.3 Å². The smallest absolute Gasteiger partial charge is 0.339 e. The number of hydrogen-bond donors (Lipinski definition) is 1. The topological polar surface area (TPSA) is 99.1 Å². The number of rotatable bonds is 95. The van der Waals surface area contributed by atoms with E-state index in [0.717, 1.165) is 205 Å². The Hall–Kier alpha value is -1.63. The molecule has 0 unspecified atom stereocenters. The number of esters is 3. The van der Waals surface area contributed by atoms with E-state index in [1.165, 1.54) is 334 Å². The molecule has 7 nitrogen and oxygen atoms in total. The van der Waals surface area contributed by atoms with Crippen LogP contribution in [0.1, 0.15) is 635 Å². The molecule has 115 heavy (non-hydrogen) atoms. The van der Waals surface area contributed by atoms with Gasteiger partial charge in [-0.25, -0.2) is 4.79 Å². The fourth-order valence-corrected chi connectivity index (χ4v) is 19.9. The Morgan fingerprint density at radius 2 is 0.322 bits per heavy atom. The van der Waals surface area contributed by atoms with Crippen LogP contribution in [0.4, 0.5) is 0 Å². The summed E-state index contributed by atoms with van der Waals surface area (Å²) >= 11 is 0. The van der Waals surface area contributed by atoms with Crippen LogP contribution in [-0.2, 0) is 28.6 Å². The zero-order chi connectivity index (χ0) is 84.4. The van der Waals surface area contributed by atoms with Gasteiger partial charge in [0.15, 0.2) is 5.60 Å². The summed E-state index contributed by atoms with van der Waals surface area (Å²) in [4.78, 5) is 50.6. The van der Waals surface area contributed by atoms with Crippen molar-refractivity contribution >= 4 is 17.9 Å². The summed E-state index contributed by atoms with van der Waals surface area (Å²) in [6.07, 6.45) is 94.6. The van der Waals surface area contributed by atoms with Gasteiger partial charge >= 0.3 is 17.9 Å². The summed E-state index contributed by atoms with van der Waals surface area (Å²) in [5, 5.41) is 14.7. The van der Waals surface area contributed by atoms with Crippen LogP contribution in [0.3, 0.4) is 0 Å². The van der Waals surface area contributed by atoms with Crippen LogP contribution >= 0.6 is 0 Å². The lowest BCUT2D eigenvalue weighted by atomic mass is 9.73. The van der Waals surface area contributed by atoms with E-state index in [4.69, 9.17) is 14.2 Å². The van der Waals surface area contributed by atoms with E-state index in [1.54, 1.807) is 0 Å². The van der Waals surface area contributed by atoms with Crippen molar-refractivity contribution in [3.8, 4) is 0 Å². The van der Waals surface area contributed by atoms with E-state index >= 15 is 14.4 Å². The molecule has 0 aromatic rings. The molecular formula is C108H212O7. The summed E-state index contributed by atoms with van der Waals surface area (Å²) in [6.45, 7) is 27.7. The molecule has 0 radical (unpaired) electrons. The first kappa shape index (κ1) is 113. The van der Waals surface area contributed by atoms with Gasteiger partial charge in [0.1, 0.15) is 16.8 Å². The molecule has 0 aromatic heterocycles. The third kappa shape index (κ3) is 61.4. The zero-order valence-electron chi connectivity index (χ0n) is 80.9. The van der Waals surface area contributed by atoms with Crippen molar-refractivity contribution in [2.45, 2.75) is 658 Å². The van der Waals surface area contributed by atoms with Crippen LogP contribution in [0, 0.1) is 17.8 Å². The molecule has 0 saturated carbocycles. The number of aliphatic hydroxyl groups is 1. The van der Waals surface area contributed by atoms with Gasteiger partial charge in [-0.1, -0.05) is 507 Å². The molecule has 0 rings (SSSR count). The molecule has 0 fully saturated rings. The quantitative estimate of drug-likeness (QED) is 0.0368. The standard InChI is InChI=1S/C108H212O7/c1-13-25-37-49-61-73-85-99(86-74-62-50-38-26-14-2)106(91-79-67-55-43-31-19-7,92-80-68-56-44-32-20-8)113-102(109)97-105(112,104(111)115-108(95-83-71-59-47-35-23-11,96-84-72-60-48-36-24-12)101(89-77-65-53-41-29-17-5)90-78-66-54-42-30-18-6)98-103(110)114-107(93-81-69-57-45-33-21-9,94-82-70-58-46-34-22-10)100(87-75-63-51-39-27-15-3)88-76-64-52-40-28-16-4/h99-101,112H,13-98H2,1-12H3. The molecule has 0 aliphatic rings. The molecule has 0 aliphatic heterocycles. The molecule has 0 saturated heterocycles. The first-order valence-corrected chi connectivity index (χ1v) is 53.6. The molecule has 0 spiro atoms. The Kier molecular flexibility index (Phi) is 82.1. The van der Waals surface area contributed by atoms with Gasteiger partial charge in [0.05, 0.1) is 12.8 Å². The predicted octanol–water partition coefficient (Wildman–Crippen LogP) is 37.2. The van der Waals surface area contributed by atoms with Gasteiger partial charge in [-0.3, -0.25) is 9.59 Å². The normalized spacial score (nSPS) is 12.4. The monoisotopic (exact) mass is 1620 g/mol. The lowest BCUT2D eigenvalue weighted by Gasteiger charge is -2.44. The van der Waals surface area contributed by atoms with Gasteiger partial charge in [0, 0.05) is 0 Å². The van der Waals surface area contributed by atoms with Crippen LogP contribution in [0.15, 0.2) is 0 Å². The Bertz CT molecular complexity index is 1830. The van der Waals surface area contributed by atoms with Crippen molar-refractivity contribution in [2.75, 3.05) is 0 Å². The third-order valence-electron chi connectivity index (χ3n) is 27.6. The van der Waals surface area contributed by atoms with Crippen LogP contribution < -0.4 is 0 Å². The molecule has 0 bridgehead atoms. The molecule has 7 heteroatoms. The van der Waals surface area contributed by atoms with Crippen LogP contribution in [-0.4, -0.2) is 45.4 Å². The maximum atomic E-state index is 17.2. The fraction of sp³-hybridized carbons (Fsp3) is 0.972. The number of carbonyl (C=O) groups excluding carboxylic acids is 3. The molecule has 0 amide bonds. The minimum Gasteiger partial charge on any atom is -0.459 e. The first-order valence-electron chi connectivity index (χ1n) is 53.6. The van der Waals surface area contributed by atoms with Crippen LogP contribution in [0.5, 0.6) is 0 Å². The fourth-order valence-electron chi connectivity index (χ4n) is 19.9. The van der Waals surface area contributed by atoms with Crippen LogP contribution in [0.25, 0.3) is 0 Å². The second-order valence-corrected chi connectivity index (χ2v) is 38.5. The van der Waals surface area contributed by atoms with Gasteiger partial charge in [0.2, 0.25) is 0 Å². The average molecular weight is 1620 g/mol. The van der Waals surface area contributed by atoms with E-state index < -0.39 is 53.2 Å². The Labute approximate surface area is 722 Å². The van der Waals surface area contributed by atoms with Gasteiger partial charge in [0.25, 0.3) is 0 Å². The number of unbranched alkanes of at least 4 members (excludes halogenated alkanes) is 60. The van der Waals surface area contributed by atoms with Crippen molar-refractivity contribution in [3.05, 3.63) is 0 Å². The largest absolute Gasteiger partial charge is 0.459 e. The lowest BCUT2D eigenvalue weighted by molar-refractivity contribution is -0.204. The number of ether oxygens (including phenoxy) is 3. The lowest BCUT2D eigenvalue weighted by Crippen LogP contribution is -2.53. The first-order chi connectivity index (χ1) is 56.3. The summed E-state index contributed by atoms with van der Waals surface area (Å²) < 4.78 is 23.2. The van der Waals surface area contributed by atoms with Crippen molar-refractivity contribution in [1.29, 1.82) is 0 Å². The predicted molar refractivity (Wildman–Crippen MR) is 507 cm³/mol. The van der Waals surface area contributed by atoms with E-state index in [9.17, 15) is 5.11 Å². The molecular weight excluding hydrogens is 1410 g/mol. The molecule has 0 aliphatic carbocycles. The highest BCUT2D eigenvalue weighted by molar-refractivity contribution is 5.90. The van der Waals surface area contributed by atoms with Crippen molar-refractivity contribution in [2.24, 2.45) is 17.8 Å². The summed E-state index contributed by atoms with van der Waals surface area (Å²) in [6, 6.07) is 0. The van der Waals surface area contributed by atoms with Gasteiger partial charge in [-0.2, -0.15) is 0 Å². The summed E-state index contributed by atoms with van der Waals surface area (Å²) in [7, 11) is 0. The highest BCUT2D eigenvalue weighted by atomic mass is 16.6. The Morgan fingerprint density at radius 3 is 0.478 bits per heavy atom. The van der Waals surface area contributed by atoms with Gasteiger partial charge in [-0.05, 0) is 133 Å². The number of carbonyl (C=O) groups is 3. The average Bonchev–Trinajstić information content (AvgIpc) is 0.780. The van der Waals surface area contributed by atoms with Crippen molar-refractivity contribution < 1.29 is 33.7 Å². The Balaban J connectivity index is 9.65. The van der Waals surface area contributed by atoms with E-state index in [0.29, 0.717) is 0 Å². The third-order valence-corrected chi connectivity index (χ3v) is 27.6. The minimum atomic E-state index is -2.51. The van der Waals surface area contributed by atoms with E-state index in [2.05, 4.69) is 83.1 Å².